The lowest BCUT2D eigenvalue weighted by Gasteiger charge is -2.12. The molecule has 0 aromatic heterocycles. The molecule has 16 heavy (non-hydrogen) atoms. The molecule has 1 rings (SSSR count). The molecular weight excluding hydrogens is 222 g/mol. The highest BCUT2D eigenvalue weighted by atomic mass is 32.2. The number of amides is 1. The van der Waals surface area contributed by atoms with Crippen molar-refractivity contribution in [1.82, 2.24) is 10.9 Å². The number of benzene rings is 1. The van der Waals surface area contributed by atoms with Gasteiger partial charge in [0.2, 0.25) is 0 Å². The van der Waals surface area contributed by atoms with E-state index in [1.54, 1.807) is 18.8 Å². The molecule has 1 unspecified atom stereocenters. The molecule has 0 spiro atoms. The summed E-state index contributed by atoms with van der Waals surface area (Å²) in [6, 6.07) is 7.11. The highest BCUT2D eigenvalue weighted by Gasteiger charge is 2.14. The molecule has 0 radical (unpaired) electrons. The van der Waals surface area contributed by atoms with Crippen LogP contribution in [0.15, 0.2) is 29.2 Å². The first-order valence-electron chi connectivity index (χ1n) is 5.14. The van der Waals surface area contributed by atoms with Crippen LogP contribution in [-0.2, 0) is 4.79 Å². The quantitative estimate of drug-likeness (QED) is 0.531. The normalized spacial score (nSPS) is 12.2. The van der Waals surface area contributed by atoms with Crippen LogP contribution < -0.4 is 16.6 Å². The maximum Gasteiger partial charge on any atom is 0.255 e. The Balaban J connectivity index is 2.69. The summed E-state index contributed by atoms with van der Waals surface area (Å²) in [4.78, 5) is 12.6. The van der Waals surface area contributed by atoms with Crippen molar-refractivity contribution in [3.8, 4) is 0 Å². The van der Waals surface area contributed by atoms with Crippen LogP contribution in [0.25, 0.3) is 0 Å². The van der Waals surface area contributed by atoms with Gasteiger partial charge in [-0.1, -0.05) is 19.1 Å². The first kappa shape index (κ1) is 13.0. The van der Waals surface area contributed by atoms with E-state index in [0.29, 0.717) is 0 Å². The number of nitrogens with one attached hydrogen (secondary N) is 2. The van der Waals surface area contributed by atoms with Crippen LogP contribution in [0.2, 0.25) is 0 Å². The molecule has 0 fully saturated rings. The van der Waals surface area contributed by atoms with Gasteiger partial charge in [-0.25, -0.2) is 5.43 Å². The Bertz CT molecular complexity index is 340. The molecule has 0 heterocycles. The van der Waals surface area contributed by atoms with Crippen molar-refractivity contribution in [3.63, 3.8) is 0 Å². The highest BCUT2D eigenvalue weighted by molar-refractivity contribution is 7.99. The maximum atomic E-state index is 11.5. The SMILES string of the molecule is CCSc1ccc(C(N)C(=O)NNC)cc1. The van der Waals surface area contributed by atoms with Crippen LogP contribution >= 0.6 is 11.8 Å². The van der Waals surface area contributed by atoms with Crippen LogP contribution in [-0.4, -0.2) is 18.7 Å². The van der Waals surface area contributed by atoms with Crippen molar-refractivity contribution >= 4 is 17.7 Å². The molecule has 0 aliphatic rings. The van der Waals surface area contributed by atoms with Crippen LogP contribution in [0, 0.1) is 0 Å². The first-order valence-corrected chi connectivity index (χ1v) is 6.12. The monoisotopic (exact) mass is 239 g/mol. The first-order chi connectivity index (χ1) is 7.69. The van der Waals surface area contributed by atoms with E-state index in [0.717, 1.165) is 11.3 Å². The van der Waals surface area contributed by atoms with Crippen LogP contribution in [0.5, 0.6) is 0 Å². The van der Waals surface area contributed by atoms with Gasteiger partial charge in [0.05, 0.1) is 0 Å². The predicted molar refractivity (Wildman–Crippen MR) is 67.0 cm³/mol. The van der Waals surface area contributed by atoms with E-state index in [4.69, 9.17) is 5.73 Å². The van der Waals surface area contributed by atoms with Gasteiger partial charge in [0.25, 0.3) is 5.91 Å². The van der Waals surface area contributed by atoms with Crippen molar-refractivity contribution in [1.29, 1.82) is 0 Å². The van der Waals surface area contributed by atoms with Crippen molar-refractivity contribution in [2.75, 3.05) is 12.8 Å². The van der Waals surface area contributed by atoms with Crippen LogP contribution in [0.3, 0.4) is 0 Å². The van der Waals surface area contributed by atoms with Gasteiger partial charge in [0.15, 0.2) is 0 Å². The Morgan fingerprint density at radius 2 is 2.06 bits per heavy atom. The fourth-order valence-electron chi connectivity index (χ4n) is 1.29. The second-order valence-electron chi connectivity index (χ2n) is 3.22. The Kier molecular flexibility index (Phi) is 5.31. The third-order valence-corrected chi connectivity index (χ3v) is 2.98. The summed E-state index contributed by atoms with van der Waals surface area (Å²) in [5, 5.41) is 0. The fourth-order valence-corrected chi connectivity index (χ4v) is 1.95. The molecule has 88 valence electrons. The van der Waals surface area contributed by atoms with Gasteiger partial charge in [0.1, 0.15) is 6.04 Å². The minimum absolute atomic E-state index is 0.238. The van der Waals surface area contributed by atoms with Crippen LogP contribution in [0.4, 0.5) is 0 Å². The zero-order valence-corrected chi connectivity index (χ0v) is 10.3. The number of thioether (sulfide) groups is 1. The van der Waals surface area contributed by atoms with Gasteiger partial charge in [-0.15, -0.1) is 11.8 Å². The number of hydrogen-bond donors (Lipinski definition) is 3. The molecule has 1 aromatic carbocycles. The van der Waals surface area contributed by atoms with E-state index in [1.807, 2.05) is 24.3 Å². The van der Waals surface area contributed by atoms with E-state index in [2.05, 4.69) is 17.8 Å². The minimum Gasteiger partial charge on any atom is -0.316 e. The Hall–Kier alpha value is -1.04. The molecule has 0 saturated carbocycles. The van der Waals surface area contributed by atoms with E-state index in [-0.39, 0.29) is 5.91 Å². The largest absolute Gasteiger partial charge is 0.316 e. The number of rotatable bonds is 5. The maximum absolute atomic E-state index is 11.5. The van der Waals surface area contributed by atoms with Crippen LogP contribution in [0.1, 0.15) is 18.5 Å². The predicted octanol–water partition coefficient (Wildman–Crippen LogP) is 1.05. The summed E-state index contributed by atoms with van der Waals surface area (Å²) >= 11 is 1.76. The van der Waals surface area contributed by atoms with Crippen molar-refractivity contribution in [2.24, 2.45) is 5.73 Å². The van der Waals surface area contributed by atoms with E-state index >= 15 is 0 Å². The molecular formula is C11H17N3OS. The molecule has 4 nitrogen and oxygen atoms in total. The zero-order valence-electron chi connectivity index (χ0n) is 9.49. The van der Waals surface area contributed by atoms with Crippen molar-refractivity contribution in [3.05, 3.63) is 29.8 Å². The lowest BCUT2D eigenvalue weighted by atomic mass is 10.1. The Morgan fingerprint density at radius 3 is 2.56 bits per heavy atom. The second kappa shape index (κ2) is 6.52. The second-order valence-corrected chi connectivity index (χ2v) is 4.56. The molecule has 0 aliphatic heterocycles. The molecule has 1 amide bonds. The average Bonchev–Trinajstić information content (AvgIpc) is 2.30. The Morgan fingerprint density at radius 1 is 1.44 bits per heavy atom. The summed E-state index contributed by atoms with van der Waals surface area (Å²) in [7, 11) is 1.63. The van der Waals surface area contributed by atoms with Gasteiger partial charge >= 0.3 is 0 Å². The zero-order chi connectivity index (χ0) is 12.0. The molecule has 0 bridgehead atoms. The smallest absolute Gasteiger partial charge is 0.255 e. The molecule has 4 N–H and O–H groups in total. The number of carbonyl (C=O) groups is 1. The summed E-state index contributed by atoms with van der Waals surface area (Å²) in [5.74, 6) is 0.796. The number of carbonyl (C=O) groups excluding carboxylic acids is 1. The van der Waals surface area contributed by atoms with Crippen molar-refractivity contribution < 1.29 is 4.79 Å². The highest BCUT2D eigenvalue weighted by Crippen LogP contribution is 2.19. The minimum atomic E-state index is -0.631. The number of hydrazine groups is 1. The number of hydrogen-bond acceptors (Lipinski definition) is 4. The summed E-state index contributed by atoms with van der Waals surface area (Å²) in [6.45, 7) is 2.10. The van der Waals surface area contributed by atoms with Gasteiger partial charge in [0, 0.05) is 11.9 Å². The lowest BCUT2D eigenvalue weighted by Crippen LogP contribution is -2.40. The molecule has 1 atom stereocenters. The molecule has 0 aliphatic carbocycles. The van der Waals surface area contributed by atoms with Gasteiger partial charge < -0.3 is 5.73 Å². The Labute approximate surface area is 100.0 Å². The summed E-state index contributed by atoms with van der Waals surface area (Å²) in [6.07, 6.45) is 0. The molecule has 0 saturated heterocycles. The third kappa shape index (κ3) is 3.52. The topological polar surface area (TPSA) is 67.2 Å². The number of nitrogens with two attached hydrogens (primary N) is 1. The fraction of sp³-hybridized carbons (Fsp3) is 0.364. The van der Waals surface area contributed by atoms with Crippen molar-refractivity contribution in [2.45, 2.75) is 17.9 Å². The van der Waals surface area contributed by atoms with E-state index in [9.17, 15) is 4.79 Å². The van der Waals surface area contributed by atoms with E-state index in [1.165, 1.54) is 4.90 Å². The standard InChI is InChI=1S/C11H17N3OS/c1-3-16-9-6-4-8(5-7-9)10(12)11(15)14-13-2/h4-7,10,13H,3,12H2,1-2H3,(H,14,15). The lowest BCUT2D eigenvalue weighted by molar-refractivity contribution is -0.123. The average molecular weight is 239 g/mol. The van der Waals surface area contributed by atoms with Gasteiger partial charge in [-0.3, -0.25) is 10.2 Å². The van der Waals surface area contributed by atoms with E-state index < -0.39 is 6.04 Å². The van der Waals surface area contributed by atoms with Gasteiger partial charge in [-0.05, 0) is 23.4 Å². The van der Waals surface area contributed by atoms with Gasteiger partial charge in [-0.2, -0.15) is 0 Å². The summed E-state index contributed by atoms with van der Waals surface area (Å²) < 4.78 is 0. The molecule has 1 aromatic rings. The molecule has 5 heteroatoms. The summed E-state index contributed by atoms with van der Waals surface area (Å²) in [5.41, 5.74) is 11.6. The third-order valence-electron chi connectivity index (χ3n) is 2.08.